The predicted octanol–water partition coefficient (Wildman–Crippen LogP) is 2.49. The summed E-state index contributed by atoms with van der Waals surface area (Å²) in [5, 5.41) is 2.32. The van der Waals surface area contributed by atoms with Crippen LogP contribution in [0.25, 0.3) is 0 Å². The van der Waals surface area contributed by atoms with Crippen molar-refractivity contribution in [3.63, 3.8) is 0 Å². The molecule has 1 heterocycles. The third kappa shape index (κ3) is 1.95. The molecule has 16 heavy (non-hydrogen) atoms. The van der Waals surface area contributed by atoms with E-state index in [9.17, 15) is 18.0 Å². The summed E-state index contributed by atoms with van der Waals surface area (Å²) in [5.41, 5.74) is -0.787. The van der Waals surface area contributed by atoms with Gasteiger partial charge in [-0.1, -0.05) is 18.2 Å². The van der Waals surface area contributed by atoms with Gasteiger partial charge < -0.3 is 10.1 Å². The fourth-order valence-corrected chi connectivity index (χ4v) is 1.60. The van der Waals surface area contributed by atoms with E-state index in [2.05, 4.69) is 5.32 Å². The van der Waals surface area contributed by atoms with Crippen molar-refractivity contribution >= 4 is 6.09 Å². The molecule has 2 rings (SSSR count). The van der Waals surface area contributed by atoms with E-state index in [-0.39, 0.29) is 12.1 Å². The van der Waals surface area contributed by atoms with Crippen molar-refractivity contribution in [2.45, 2.75) is 12.3 Å². The molecule has 1 saturated heterocycles. The summed E-state index contributed by atoms with van der Waals surface area (Å²) in [5.74, 6) is 0. The van der Waals surface area contributed by atoms with E-state index in [0.717, 1.165) is 6.07 Å². The van der Waals surface area contributed by atoms with E-state index in [1.165, 1.54) is 18.2 Å². The molecular weight excluding hydrogens is 223 g/mol. The second kappa shape index (κ2) is 3.70. The Hall–Kier alpha value is -1.72. The first-order valence-corrected chi connectivity index (χ1v) is 4.59. The minimum absolute atomic E-state index is 0.0200. The fourth-order valence-electron chi connectivity index (χ4n) is 1.60. The Labute approximate surface area is 89.2 Å². The van der Waals surface area contributed by atoms with E-state index in [1.807, 2.05) is 0 Å². The number of halogens is 3. The van der Waals surface area contributed by atoms with E-state index in [0.29, 0.717) is 0 Å². The van der Waals surface area contributed by atoms with Crippen molar-refractivity contribution < 1.29 is 22.7 Å². The number of nitrogens with one attached hydrogen (secondary N) is 1. The number of amides is 1. The third-order valence-electron chi connectivity index (χ3n) is 2.29. The minimum Gasteiger partial charge on any atom is -0.439 e. The number of hydrogen-bond acceptors (Lipinski definition) is 2. The van der Waals surface area contributed by atoms with Gasteiger partial charge in [0.1, 0.15) is 6.10 Å². The van der Waals surface area contributed by atoms with Gasteiger partial charge in [-0.15, -0.1) is 0 Å². The lowest BCUT2D eigenvalue weighted by Crippen LogP contribution is -2.15. The summed E-state index contributed by atoms with van der Waals surface area (Å²) < 4.78 is 42.6. The Balaban J connectivity index is 2.37. The zero-order valence-electron chi connectivity index (χ0n) is 8.04. The monoisotopic (exact) mass is 231 g/mol. The molecule has 1 amide bonds. The molecule has 1 atom stereocenters. The highest BCUT2D eigenvalue weighted by Gasteiger charge is 2.37. The summed E-state index contributed by atoms with van der Waals surface area (Å²) >= 11 is 0. The number of carbonyl (C=O) groups excluding carboxylic acids is 1. The van der Waals surface area contributed by atoms with Crippen LogP contribution in [0.5, 0.6) is 0 Å². The lowest BCUT2D eigenvalue weighted by atomic mass is 10.0. The van der Waals surface area contributed by atoms with Crippen molar-refractivity contribution in [3.05, 3.63) is 35.4 Å². The predicted molar refractivity (Wildman–Crippen MR) is 48.7 cm³/mol. The zero-order chi connectivity index (χ0) is 11.8. The topological polar surface area (TPSA) is 38.3 Å². The normalized spacial score (nSPS) is 20.4. The van der Waals surface area contributed by atoms with Crippen LogP contribution in [0.1, 0.15) is 17.2 Å². The molecule has 1 aliphatic heterocycles. The number of rotatable bonds is 1. The maximum Gasteiger partial charge on any atom is 0.416 e. The summed E-state index contributed by atoms with van der Waals surface area (Å²) in [4.78, 5) is 10.8. The zero-order valence-corrected chi connectivity index (χ0v) is 8.04. The summed E-state index contributed by atoms with van der Waals surface area (Å²) in [6.45, 7) is 0.0614. The molecule has 3 nitrogen and oxygen atoms in total. The molecule has 1 N–H and O–H groups in total. The second-order valence-corrected chi connectivity index (χ2v) is 3.36. The van der Waals surface area contributed by atoms with Gasteiger partial charge in [0.05, 0.1) is 12.1 Å². The van der Waals surface area contributed by atoms with Crippen LogP contribution in [-0.4, -0.2) is 12.6 Å². The molecule has 6 heteroatoms. The highest BCUT2D eigenvalue weighted by Crippen LogP contribution is 2.36. The van der Waals surface area contributed by atoms with Crippen molar-refractivity contribution in [2.24, 2.45) is 0 Å². The number of cyclic esters (lactones) is 1. The largest absolute Gasteiger partial charge is 0.439 e. The standard InChI is InChI=1S/C10H8F3NO2/c11-10(12,13)7-4-2-1-3-6(7)8-5-14-9(15)16-8/h1-4,8H,5H2,(H,14,15). The van der Waals surface area contributed by atoms with Crippen LogP contribution in [0.4, 0.5) is 18.0 Å². The number of alkyl halides is 3. The van der Waals surface area contributed by atoms with Gasteiger partial charge in [0.2, 0.25) is 0 Å². The molecule has 0 spiro atoms. The fraction of sp³-hybridized carbons (Fsp3) is 0.300. The summed E-state index contributed by atoms with van der Waals surface area (Å²) in [6, 6.07) is 5.07. The van der Waals surface area contributed by atoms with Crippen LogP contribution in [-0.2, 0) is 10.9 Å². The van der Waals surface area contributed by atoms with E-state index in [4.69, 9.17) is 4.74 Å². The van der Waals surface area contributed by atoms with E-state index >= 15 is 0 Å². The number of carbonyl (C=O) groups is 1. The first kappa shape index (κ1) is 10.8. The molecular formula is C10H8F3NO2. The lowest BCUT2D eigenvalue weighted by Gasteiger charge is -2.15. The maximum absolute atomic E-state index is 12.6. The highest BCUT2D eigenvalue weighted by molar-refractivity contribution is 5.69. The van der Waals surface area contributed by atoms with Crippen LogP contribution in [0.15, 0.2) is 24.3 Å². The number of benzene rings is 1. The Kier molecular flexibility index (Phi) is 2.49. The molecule has 1 aliphatic rings. The lowest BCUT2D eigenvalue weighted by molar-refractivity contribution is -0.139. The first-order valence-electron chi connectivity index (χ1n) is 4.59. The quantitative estimate of drug-likeness (QED) is 0.806. The van der Waals surface area contributed by atoms with Crippen LogP contribution in [0.3, 0.4) is 0 Å². The van der Waals surface area contributed by atoms with Gasteiger partial charge in [0, 0.05) is 5.56 Å². The van der Waals surface area contributed by atoms with Crippen molar-refractivity contribution in [1.82, 2.24) is 5.32 Å². The highest BCUT2D eigenvalue weighted by atomic mass is 19.4. The molecule has 1 aromatic rings. The van der Waals surface area contributed by atoms with E-state index < -0.39 is 23.9 Å². The number of hydrogen-bond donors (Lipinski definition) is 1. The smallest absolute Gasteiger partial charge is 0.416 e. The van der Waals surface area contributed by atoms with Crippen LogP contribution < -0.4 is 5.32 Å². The van der Waals surface area contributed by atoms with Gasteiger partial charge in [-0.05, 0) is 6.07 Å². The van der Waals surface area contributed by atoms with Crippen LogP contribution >= 0.6 is 0 Å². The Morgan fingerprint density at radius 3 is 2.56 bits per heavy atom. The van der Waals surface area contributed by atoms with Crippen LogP contribution in [0, 0.1) is 0 Å². The van der Waals surface area contributed by atoms with Gasteiger partial charge in [-0.2, -0.15) is 13.2 Å². The SMILES string of the molecule is O=C1NCC(c2ccccc2C(F)(F)F)O1. The first-order chi connectivity index (χ1) is 7.48. The average Bonchev–Trinajstić information content (AvgIpc) is 2.64. The number of ether oxygens (including phenoxy) is 1. The third-order valence-corrected chi connectivity index (χ3v) is 2.29. The van der Waals surface area contributed by atoms with Gasteiger partial charge in [-0.25, -0.2) is 4.79 Å². The Morgan fingerprint density at radius 2 is 2.00 bits per heavy atom. The maximum atomic E-state index is 12.6. The molecule has 1 unspecified atom stereocenters. The van der Waals surface area contributed by atoms with Gasteiger partial charge in [-0.3, -0.25) is 0 Å². The van der Waals surface area contributed by atoms with Gasteiger partial charge in [0.15, 0.2) is 0 Å². The minimum atomic E-state index is -4.44. The van der Waals surface area contributed by atoms with Crippen molar-refractivity contribution in [1.29, 1.82) is 0 Å². The molecule has 0 radical (unpaired) electrons. The summed E-state index contributed by atoms with van der Waals surface area (Å²) in [7, 11) is 0. The van der Waals surface area contributed by atoms with Crippen molar-refractivity contribution in [2.75, 3.05) is 6.54 Å². The molecule has 1 aromatic carbocycles. The molecule has 86 valence electrons. The molecule has 0 aliphatic carbocycles. The number of alkyl carbamates (subject to hydrolysis) is 1. The second-order valence-electron chi connectivity index (χ2n) is 3.36. The van der Waals surface area contributed by atoms with Gasteiger partial charge >= 0.3 is 12.3 Å². The molecule has 0 bridgehead atoms. The molecule has 0 aromatic heterocycles. The van der Waals surface area contributed by atoms with Crippen LogP contribution in [0.2, 0.25) is 0 Å². The molecule has 0 saturated carbocycles. The van der Waals surface area contributed by atoms with Gasteiger partial charge in [0.25, 0.3) is 0 Å². The Bertz CT molecular complexity index is 417. The molecule has 1 fully saturated rings. The van der Waals surface area contributed by atoms with E-state index in [1.54, 1.807) is 0 Å². The average molecular weight is 231 g/mol. The Morgan fingerprint density at radius 1 is 1.31 bits per heavy atom. The summed E-state index contributed by atoms with van der Waals surface area (Å²) in [6.07, 6.45) is -6.00. The van der Waals surface area contributed by atoms with Crippen molar-refractivity contribution in [3.8, 4) is 0 Å².